The molecule has 0 aliphatic rings. The van der Waals surface area contributed by atoms with Crippen LogP contribution in [0.2, 0.25) is 0 Å². The molecular formula is C18H16N2O2. The van der Waals surface area contributed by atoms with Crippen LogP contribution in [0.5, 0.6) is 0 Å². The number of rotatable bonds is 3. The Morgan fingerprint density at radius 2 is 1.64 bits per heavy atom. The van der Waals surface area contributed by atoms with E-state index in [1.807, 2.05) is 42.5 Å². The van der Waals surface area contributed by atoms with Crippen LogP contribution in [-0.2, 0) is 0 Å². The van der Waals surface area contributed by atoms with Gasteiger partial charge >= 0.3 is 0 Å². The molecule has 3 aromatic rings. The Balaban J connectivity index is 1.84. The van der Waals surface area contributed by atoms with Crippen molar-refractivity contribution < 1.29 is 9.21 Å². The van der Waals surface area contributed by atoms with Crippen molar-refractivity contribution in [3.05, 3.63) is 72.5 Å². The monoisotopic (exact) mass is 292 g/mol. The van der Waals surface area contributed by atoms with E-state index in [9.17, 15) is 4.79 Å². The van der Waals surface area contributed by atoms with Crippen molar-refractivity contribution in [1.82, 2.24) is 0 Å². The topological polar surface area (TPSA) is 59.5 Å². The fourth-order valence-electron chi connectivity index (χ4n) is 2.19. The van der Waals surface area contributed by atoms with Crippen molar-refractivity contribution in [2.24, 2.45) is 0 Å². The lowest BCUT2D eigenvalue weighted by atomic mass is 10.1. The van der Waals surface area contributed by atoms with Gasteiger partial charge in [0.15, 0.2) is 5.76 Å². The van der Waals surface area contributed by atoms with Crippen LogP contribution in [0.15, 0.2) is 71.1 Å². The molecular weight excluding hydrogens is 276 g/mol. The molecule has 0 bridgehead atoms. The average molecular weight is 292 g/mol. The molecule has 0 spiro atoms. The lowest BCUT2D eigenvalue weighted by Gasteiger charge is -2.15. The maximum absolute atomic E-state index is 12.5. The minimum atomic E-state index is -0.187. The smallest absolute Gasteiger partial charge is 0.293 e. The summed E-state index contributed by atoms with van der Waals surface area (Å²) in [5.74, 6) is 0.760. The fourth-order valence-corrected chi connectivity index (χ4v) is 2.19. The van der Waals surface area contributed by atoms with Crippen molar-refractivity contribution in [1.29, 1.82) is 0 Å². The molecule has 2 aromatic carbocycles. The Labute approximate surface area is 128 Å². The van der Waals surface area contributed by atoms with Crippen LogP contribution in [0.3, 0.4) is 0 Å². The number of amides is 1. The number of nitrogens with zero attached hydrogens (tertiary/aromatic N) is 1. The second kappa shape index (κ2) is 5.77. The molecule has 4 nitrogen and oxygen atoms in total. The predicted molar refractivity (Wildman–Crippen MR) is 87.7 cm³/mol. The summed E-state index contributed by atoms with van der Waals surface area (Å²) < 4.78 is 5.68. The Morgan fingerprint density at radius 3 is 2.32 bits per heavy atom. The van der Waals surface area contributed by atoms with Crippen LogP contribution >= 0.6 is 0 Å². The molecule has 1 heterocycles. The van der Waals surface area contributed by atoms with Gasteiger partial charge in [0.25, 0.3) is 5.91 Å². The molecule has 110 valence electrons. The van der Waals surface area contributed by atoms with Crippen LogP contribution in [0.25, 0.3) is 11.3 Å². The van der Waals surface area contributed by atoms with Gasteiger partial charge in [0.1, 0.15) is 5.76 Å². The van der Waals surface area contributed by atoms with Gasteiger partial charge in [0, 0.05) is 24.0 Å². The van der Waals surface area contributed by atoms with Crippen LogP contribution in [0, 0.1) is 0 Å². The number of carbonyl (C=O) groups excluding carboxylic acids is 1. The lowest BCUT2D eigenvalue weighted by Crippen LogP contribution is -2.25. The van der Waals surface area contributed by atoms with E-state index in [-0.39, 0.29) is 5.91 Å². The molecule has 0 unspecified atom stereocenters. The van der Waals surface area contributed by atoms with E-state index in [1.165, 1.54) is 0 Å². The highest BCUT2D eigenvalue weighted by molar-refractivity contribution is 6.04. The minimum absolute atomic E-state index is 0.187. The fraction of sp³-hybridized carbons (Fsp3) is 0.0556. The third kappa shape index (κ3) is 2.72. The largest absolute Gasteiger partial charge is 0.451 e. The van der Waals surface area contributed by atoms with Crippen LogP contribution in [-0.4, -0.2) is 13.0 Å². The van der Waals surface area contributed by atoms with Crippen molar-refractivity contribution in [3.8, 4) is 11.3 Å². The first-order valence-electron chi connectivity index (χ1n) is 6.94. The molecule has 0 atom stereocenters. The predicted octanol–water partition coefficient (Wildman–Crippen LogP) is 3.81. The summed E-state index contributed by atoms with van der Waals surface area (Å²) in [6.07, 6.45) is 0. The number of para-hydroxylation sites is 1. The van der Waals surface area contributed by atoms with Gasteiger partial charge in [-0.3, -0.25) is 4.79 Å². The third-order valence-electron chi connectivity index (χ3n) is 3.46. The number of hydrogen-bond donors (Lipinski definition) is 1. The summed E-state index contributed by atoms with van der Waals surface area (Å²) >= 11 is 0. The van der Waals surface area contributed by atoms with Gasteiger partial charge in [-0.15, -0.1) is 0 Å². The van der Waals surface area contributed by atoms with E-state index >= 15 is 0 Å². The number of benzene rings is 2. The number of anilines is 2. The number of furan rings is 1. The highest BCUT2D eigenvalue weighted by atomic mass is 16.4. The van der Waals surface area contributed by atoms with Crippen molar-refractivity contribution in [2.75, 3.05) is 17.7 Å². The zero-order valence-corrected chi connectivity index (χ0v) is 12.2. The molecule has 4 heteroatoms. The Bertz CT molecular complexity index is 776. The number of nitrogen functional groups attached to an aromatic ring is 1. The molecule has 0 fully saturated rings. The molecule has 0 saturated heterocycles. The van der Waals surface area contributed by atoms with Crippen molar-refractivity contribution in [2.45, 2.75) is 0 Å². The first kappa shape index (κ1) is 13.9. The van der Waals surface area contributed by atoms with E-state index in [2.05, 4.69) is 0 Å². The molecule has 0 aliphatic carbocycles. The van der Waals surface area contributed by atoms with Gasteiger partial charge in [0.05, 0.1) is 0 Å². The van der Waals surface area contributed by atoms with Gasteiger partial charge in [-0.05, 0) is 48.5 Å². The van der Waals surface area contributed by atoms with E-state index in [1.54, 1.807) is 36.2 Å². The van der Waals surface area contributed by atoms with Gasteiger partial charge in [-0.25, -0.2) is 0 Å². The molecule has 1 amide bonds. The molecule has 2 N–H and O–H groups in total. The van der Waals surface area contributed by atoms with Crippen LogP contribution in [0.1, 0.15) is 10.6 Å². The SMILES string of the molecule is CN(C(=O)c1ccc(-c2ccc(N)cc2)o1)c1ccccc1. The quantitative estimate of drug-likeness (QED) is 0.747. The summed E-state index contributed by atoms with van der Waals surface area (Å²) in [7, 11) is 1.73. The Hall–Kier alpha value is -3.01. The number of hydrogen-bond acceptors (Lipinski definition) is 3. The van der Waals surface area contributed by atoms with Gasteiger partial charge < -0.3 is 15.1 Å². The zero-order valence-electron chi connectivity index (χ0n) is 12.2. The standard InChI is InChI=1S/C18H16N2O2/c1-20(15-5-3-2-4-6-15)18(21)17-12-11-16(22-17)13-7-9-14(19)10-8-13/h2-12H,19H2,1H3. The highest BCUT2D eigenvalue weighted by Gasteiger charge is 2.17. The second-order valence-electron chi connectivity index (χ2n) is 4.99. The van der Waals surface area contributed by atoms with E-state index < -0.39 is 0 Å². The van der Waals surface area contributed by atoms with Gasteiger partial charge in [-0.2, -0.15) is 0 Å². The normalized spacial score (nSPS) is 10.4. The maximum Gasteiger partial charge on any atom is 0.293 e. The summed E-state index contributed by atoms with van der Waals surface area (Å²) in [6.45, 7) is 0. The minimum Gasteiger partial charge on any atom is -0.451 e. The summed E-state index contributed by atoms with van der Waals surface area (Å²) in [6, 6.07) is 20.3. The van der Waals surface area contributed by atoms with Crippen molar-refractivity contribution in [3.63, 3.8) is 0 Å². The molecule has 1 aromatic heterocycles. The van der Waals surface area contributed by atoms with E-state index in [4.69, 9.17) is 10.2 Å². The van der Waals surface area contributed by atoms with Crippen molar-refractivity contribution >= 4 is 17.3 Å². The lowest BCUT2D eigenvalue weighted by molar-refractivity contribution is 0.0967. The highest BCUT2D eigenvalue weighted by Crippen LogP contribution is 2.24. The molecule has 0 radical (unpaired) electrons. The Kier molecular flexibility index (Phi) is 3.66. The first-order chi connectivity index (χ1) is 10.6. The Morgan fingerprint density at radius 1 is 0.955 bits per heavy atom. The van der Waals surface area contributed by atoms with Gasteiger partial charge in [-0.1, -0.05) is 18.2 Å². The average Bonchev–Trinajstić information content (AvgIpc) is 3.05. The maximum atomic E-state index is 12.5. The van der Waals surface area contributed by atoms with Gasteiger partial charge in [0.2, 0.25) is 0 Å². The molecule has 22 heavy (non-hydrogen) atoms. The second-order valence-corrected chi connectivity index (χ2v) is 4.99. The number of nitrogens with two attached hydrogens (primary N) is 1. The molecule has 0 aliphatic heterocycles. The van der Waals surface area contributed by atoms with E-state index in [0.717, 1.165) is 11.3 Å². The number of carbonyl (C=O) groups is 1. The summed E-state index contributed by atoms with van der Waals surface area (Å²) in [5.41, 5.74) is 8.06. The van der Waals surface area contributed by atoms with Crippen LogP contribution in [0.4, 0.5) is 11.4 Å². The summed E-state index contributed by atoms with van der Waals surface area (Å²) in [5, 5.41) is 0. The van der Waals surface area contributed by atoms with Crippen LogP contribution < -0.4 is 10.6 Å². The summed E-state index contributed by atoms with van der Waals surface area (Å²) in [4.78, 5) is 14.0. The zero-order chi connectivity index (χ0) is 15.5. The van der Waals surface area contributed by atoms with E-state index in [0.29, 0.717) is 17.2 Å². The molecule has 0 saturated carbocycles. The first-order valence-corrected chi connectivity index (χ1v) is 6.94. The third-order valence-corrected chi connectivity index (χ3v) is 3.46. The molecule has 3 rings (SSSR count).